The fraction of sp³-hybridized carbons (Fsp3) is 0.467. The van der Waals surface area contributed by atoms with Crippen molar-refractivity contribution >= 4 is 11.8 Å². The SMILES string of the molecule is C=CC(C)Sc1ccc(CNCC(C)C)cc1. The summed E-state index contributed by atoms with van der Waals surface area (Å²) in [6, 6.07) is 8.78. The predicted octanol–water partition coefficient (Wildman–Crippen LogP) is 4.10. The molecule has 1 rings (SSSR count). The lowest BCUT2D eigenvalue weighted by Gasteiger charge is -2.09. The molecule has 1 unspecified atom stereocenters. The second-order valence-corrected chi connectivity index (χ2v) is 6.18. The fourth-order valence-corrected chi connectivity index (χ4v) is 2.27. The van der Waals surface area contributed by atoms with E-state index < -0.39 is 0 Å². The topological polar surface area (TPSA) is 12.0 Å². The van der Waals surface area contributed by atoms with Crippen molar-refractivity contribution in [2.24, 2.45) is 5.92 Å². The van der Waals surface area contributed by atoms with Gasteiger partial charge in [0.25, 0.3) is 0 Å². The molecule has 0 aliphatic heterocycles. The number of hydrogen-bond acceptors (Lipinski definition) is 2. The summed E-state index contributed by atoms with van der Waals surface area (Å²) in [6.45, 7) is 12.4. The van der Waals surface area contributed by atoms with Crippen LogP contribution in [0.3, 0.4) is 0 Å². The highest BCUT2D eigenvalue weighted by Crippen LogP contribution is 2.23. The van der Waals surface area contributed by atoms with Crippen LogP contribution in [0.1, 0.15) is 26.3 Å². The first-order valence-electron chi connectivity index (χ1n) is 6.20. The lowest BCUT2D eigenvalue weighted by Crippen LogP contribution is -2.18. The van der Waals surface area contributed by atoms with Crippen LogP contribution < -0.4 is 5.32 Å². The van der Waals surface area contributed by atoms with Crippen molar-refractivity contribution in [2.75, 3.05) is 6.54 Å². The molecular formula is C15H23NS. The summed E-state index contributed by atoms with van der Waals surface area (Å²) in [5.74, 6) is 0.707. The van der Waals surface area contributed by atoms with Gasteiger partial charge in [0.05, 0.1) is 0 Å². The third kappa shape index (κ3) is 5.94. The van der Waals surface area contributed by atoms with Gasteiger partial charge in [-0.1, -0.05) is 32.1 Å². The Hall–Kier alpha value is -0.730. The van der Waals surface area contributed by atoms with Crippen molar-refractivity contribution in [3.63, 3.8) is 0 Å². The molecule has 0 heterocycles. The molecule has 1 aromatic rings. The van der Waals surface area contributed by atoms with E-state index in [0.29, 0.717) is 11.2 Å². The molecule has 0 bridgehead atoms. The summed E-state index contributed by atoms with van der Waals surface area (Å²) < 4.78 is 0. The smallest absolute Gasteiger partial charge is 0.0243 e. The lowest BCUT2D eigenvalue weighted by atomic mass is 10.2. The molecule has 1 N–H and O–H groups in total. The molecule has 0 aliphatic rings. The Labute approximate surface area is 110 Å². The lowest BCUT2D eigenvalue weighted by molar-refractivity contribution is 0.552. The maximum atomic E-state index is 3.80. The molecule has 0 saturated heterocycles. The van der Waals surface area contributed by atoms with E-state index in [1.165, 1.54) is 10.5 Å². The standard InChI is InChI=1S/C15H23NS/c1-5-13(4)17-15-8-6-14(7-9-15)11-16-10-12(2)3/h5-9,12-13,16H,1,10-11H2,2-4H3. The van der Waals surface area contributed by atoms with Crippen LogP contribution in [-0.4, -0.2) is 11.8 Å². The zero-order valence-electron chi connectivity index (χ0n) is 11.1. The van der Waals surface area contributed by atoms with Crippen molar-refractivity contribution in [1.82, 2.24) is 5.32 Å². The molecular weight excluding hydrogens is 226 g/mol. The third-order valence-corrected chi connectivity index (χ3v) is 3.57. The normalized spacial score (nSPS) is 12.7. The average Bonchev–Trinajstić information content (AvgIpc) is 2.31. The van der Waals surface area contributed by atoms with Crippen LogP contribution in [-0.2, 0) is 6.54 Å². The monoisotopic (exact) mass is 249 g/mol. The molecule has 1 atom stereocenters. The molecule has 2 heteroatoms. The first kappa shape index (κ1) is 14.3. The minimum atomic E-state index is 0.472. The van der Waals surface area contributed by atoms with Crippen molar-refractivity contribution in [1.29, 1.82) is 0 Å². The van der Waals surface area contributed by atoms with Gasteiger partial charge < -0.3 is 5.32 Å². The second-order valence-electron chi connectivity index (χ2n) is 4.73. The van der Waals surface area contributed by atoms with Gasteiger partial charge in [-0.3, -0.25) is 0 Å². The molecule has 1 aromatic carbocycles. The van der Waals surface area contributed by atoms with Crippen LogP contribution in [0.4, 0.5) is 0 Å². The van der Waals surface area contributed by atoms with E-state index in [1.54, 1.807) is 0 Å². The van der Waals surface area contributed by atoms with E-state index >= 15 is 0 Å². The first-order chi connectivity index (χ1) is 8.11. The molecule has 1 nitrogen and oxygen atoms in total. The number of hydrogen-bond donors (Lipinski definition) is 1. The van der Waals surface area contributed by atoms with Crippen molar-refractivity contribution in [3.05, 3.63) is 42.5 Å². The third-order valence-electron chi connectivity index (χ3n) is 2.46. The van der Waals surface area contributed by atoms with Gasteiger partial charge in [0, 0.05) is 16.7 Å². The minimum Gasteiger partial charge on any atom is -0.312 e. The summed E-state index contributed by atoms with van der Waals surface area (Å²) in [5.41, 5.74) is 1.35. The van der Waals surface area contributed by atoms with Crippen LogP contribution in [0, 0.1) is 5.92 Å². The molecule has 0 aliphatic carbocycles. The Kier molecular flexibility index (Phi) is 6.38. The summed E-state index contributed by atoms with van der Waals surface area (Å²) in [5, 5.41) is 3.92. The van der Waals surface area contributed by atoms with Gasteiger partial charge in [-0.05, 0) is 37.1 Å². The fourth-order valence-electron chi connectivity index (χ4n) is 1.45. The van der Waals surface area contributed by atoms with E-state index in [9.17, 15) is 0 Å². The van der Waals surface area contributed by atoms with E-state index in [1.807, 2.05) is 17.8 Å². The van der Waals surface area contributed by atoms with Gasteiger partial charge in [-0.2, -0.15) is 0 Å². The molecule has 94 valence electrons. The van der Waals surface area contributed by atoms with Gasteiger partial charge >= 0.3 is 0 Å². The highest BCUT2D eigenvalue weighted by atomic mass is 32.2. The van der Waals surface area contributed by atoms with E-state index in [4.69, 9.17) is 0 Å². The van der Waals surface area contributed by atoms with Gasteiger partial charge in [-0.25, -0.2) is 0 Å². The Balaban J connectivity index is 2.42. The van der Waals surface area contributed by atoms with Crippen LogP contribution in [0.2, 0.25) is 0 Å². The largest absolute Gasteiger partial charge is 0.312 e. The number of thioether (sulfide) groups is 1. The molecule has 0 saturated carbocycles. The van der Waals surface area contributed by atoms with Gasteiger partial charge in [-0.15, -0.1) is 18.3 Å². The number of benzene rings is 1. The Morgan fingerprint density at radius 3 is 2.41 bits per heavy atom. The second kappa shape index (κ2) is 7.57. The molecule has 0 amide bonds. The van der Waals surface area contributed by atoms with Crippen molar-refractivity contribution < 1.29 is 0 Å². The van der Waals surface area contributed by atoms with Crippen LogP contribution in [0.25, 0.3) is 0 Å². The van der Waals surface area contributed by atoms with Crippen molar-refractivity contribution in [3.8, 4) is 0 Å². The molecule has 0 radical (unpaired) electrons. The molecule has 0 spiro atoms. The Bertz CT molecular complexity index is 329. The Morgan fingerprint density at radius 2 is 1.88 bits per heavy atom. The summed E-state index contributed by atoms with van der Waals surface area (Å²) in [6.07, 6.45) is 1.97. The van der Waals surface area contributed by atoms with Gasteiger partial charge in [0.2, 0.25) is 0 Å². The maximum Gasteiger partial charge on any atom is 0.0243 e. The first-order valence-corrected chi connectivity index (χ1v) is 7.08. The van der Waals surface area contributed by atoms with E-state index in [0.717, 1.165) is 13.1 Å². The number of nitrogens with one attached hydrogen (secondary N) is 1. The van der Waals surface area contributed by atoms with Crippen LogP contribution >= 0.6 is 11.8 Å². The quantitative estimate of drug-likeness (QED) is 0.577. The summed E-state index contributed by atoms with van der Waals surface area (Å²) in [4.78, 5) is 1.31. The highest BCUT2D eigenvalue weighted by Gasteiger charge is 2.00. The number of rotatable bonds is 7. The average molecular weight is 249 g/mol. The van der Waals surface area contributed by atoms with E-state index in [2.05, 4.69) is 56.9 Å². The zero-order chi connectivity index (χ0) is 12.7. The predicted molar refractivity (Wildman–Crippen MR) is 78.5 cm³/mol. The minimum absolute atomic E-state index is 0.472. The van der Waals surface area contributed by atoms with Crippen LogP contribution in [0.5, 0.6) is 0 Å². The van der Waals surface area contributed by atoms with Gasteiger partial charge in [0.1, 0.15) is 0 Å². The maximum absolute atomic E-state index is 3.80. The highest BCUT2D eigenvalue weighted by molar-refractivity contribution is 8.00. The summed E-state index contributed by atoms with van der Waals surface area (Å²) in [7, 11) is 0. The van der Waals surface area contributed by atoms with Crippen molar-refractivity contribution in [2.45, 2.75) is 37.5 Å². The summed E-state index contributed by atoms with van der Waals surface area (Å²) >= 11 is 1.84. The Morgan fingerprint density at radius 1 is 1.24 bits per heavy atom. The van der Waals surface area contributed by atoms with Gasteiger partial charge in [0.15, 0.2) is 0 Å². The molecule has 0 aromatic heterocycles. The molecule has 17 heavy (non-hydrogen) atoms. The zero-order valence-corrected chi connectivity index (χ0v) is 11.9. The molecule has 0 fully saturated rings. The van der Waals surface area contributed by atoms with Crippen LogP contribution in [0.15, 0.2) is 41.8 Å². The van der Waals surface area contributed by atoms with E-state index in [-0.39, 0.29) is 0 Å².